The number of hydrogen-bond donors (Lipinski definition) is 1. The molecular weight excluding hydrogens is 508 g/mol. The van der Waals surface area contributed by atoms with Gasteiger partial charge in [0, 0.05) is 13.0 Å². The Morgan fingerprint density at radius 2 is 0.951 bits per heavy atom. The zero-order valence-electron chi connectivity index (χ0n) is 27.8. The molecule has 0 saturated carbocycles. The van der Waals surface area contributed by atoms with E-state index >= 15 is 0 Å². The van der Waals surface area contributed by atoms with Gasteiger partial charge in [0.25, 0.3) is 0 Å². The molecule has 0 aliphatic carbocycles. The Labute approximate surface area is 256 Å². The fraction of sp³-hybridized carbons (Fsp3) is 0.919. The van der Waals surface area contributed by atoms with Crippen molar-refractivity contribution in [2.45, 2.75) is 200 Å². The third-order valence-electron chi connectivity index (χ3n) is 8.09. The molecule has 4 heteroatoms. The van der Waals surface area contributed by atoms with Crippen molar-refractivity contribution in [1.29, 1.82) is 0 Å². The maximum atomic E-state index is 12.1. The summed E-state index contributed by atoms with van der Waals surface area (Å²) in [6, 6.07) is 0. The molecule has 0 aliphatic heterocycles. The van der Waals surface area contributed by atoms with Crippen molar-refractivity contribution in [2.75, 3.05) is 19.8 Å². The lowest BCUT2D eigenvalue weighted by Crippen LogP contribution is -2.27. The SMILES string of the molecule is CCCCCCCCCC/C=C\CCCCCCCCCCCC(=O)OC(CO)COCCCCCCCCCC. The van der Waals surface area contributed by atoms with Crippen molar-refractivity contribution in [3.63, 3.8) is 0 Å². The molecule has 0 aromatic carbocycles. The first kappa shape index (κ1) is 40.1. The van der Waals surface area contributed by atoms with Crippen LogP contribution in [0.25, 0.3) is 0 Å². The number of esters is 1. The van der Waals surface area contributed by atoms with Crippen LogP contribution in [0.5, 0.6) is 0 Å². The highest BCUT2D eigenvalue weighted by atomic mass is 16.6. The van der Waals surface area contributed by atoms with Gasteiger partial charge < -0.3 is 14.6 Å². The monoisotopic (exact) mass is 581 g/mol. The van der Waals surface area contributed by atoms with Gasteiger partial charge in [-0.25, -0.2) is 0 Å². The summed E-state index contributed by atoms with van der Waals surface area (Å²) in [4.78, 5) is 12.1. The highest BCUT2D eigenvalue weighted by Gasteiger charge is 2.13. The van der Waals surface area contributed by atoms with Crippen molar-refractivity contribution >= 4 is 5.97 Å². The van der Waals surface area contributed by atoms with Crippen molar-refractivity contribution < 1.29 is 19.4 Å². The van der Waals surface area contributed by atoms with Crippen LogP contribution >= 0.6 is 0 Å². The molecule has 0 amide bonds. The van der Waals surface area contributed by atoms with Gasteiger partial charge in [-0.1, -0.05) is 161 Å². The summed E-state index contributed by atoms with van der Waals surface area (Å²) in [7, 11) is 0. The van der Waals surface area contributed by atoms with E-state index in [0.29, 0.717) is 19.6 Å². The van der Waals surface area contributed by atoms with Crippen molar-refractivity contribution in [1.82, 2.24) is 0 Å². The Morgan fingerprint density at radius 3 is 1.39 bits per heavy atom. The molecule has 0 aromatic rings. The third-order valence-corrected chi connectivity index (χ3v) is 8.09. The summed E-state index contributed by atoms with van der Waals surface area (Å²) in [6.45, 7) is 5.34. The molecule has 0 fully saturated rings. The Morgan fingerprint density at radius 1 is 0.561 bits per heavy atom. The van der Waals surface area contributed by atoms with Crippen molar-refractivity contribution in [3.05, 3.63) is 12.2 Å². The van der Waals surface area contributed by atoms with E-state index in [-0.39, 0.29) is 12.6 Å². The first-order chi connectivity index (χ1) is 20.2. The van der Waals surface area contributed by atoms with E-state index in [4.69, 9.17) is 9.47 Å². The molecule has 4 nitrogen and oxygen atoms in total. The van der Waals surface area contributed by atoms with Gasteiger partial charge in [0.15, 0.2) is 0 Å². The van der Waals surface area contributed by atoms with Gasteiger partial charge in [-0.15, -0.1) is 0 Å². The van der Waals surface area contributed by atoms with Crippen LogP contribution < -0.4 is 0 Å². The first-order valence-corrected chi connectivity index (χ1v) is 18.3. The number of aliphatic hydroxyl groups excluding tert-OH is 1. The number of unbranched alkanes of at least 4 members (excludes halogenated alkanes) is 24. The summed E-state index contributed by atoms with van der Waals surface area (Å²) in [5.74, 6) is -0.202. The summed E-state index contributed by atoms with van der Waals surface area (Å²) < 4.78 is 11.0. The number of allylic oxidation sites excluding steroid dienone is 2. The highest BCUT2D eigenvalue weighted by Crippen LogP contribution is 2.14. The number of carbonyl (C=O) groups excluding carboxylic acids is 1. The van der Waals surface area contributed by atoms with Crippen LogP contribution in [0.3, 0.4) is 0 Å². The van der Waals surface area contributed by atoms with Crippen molar-refractivity contribution in [3.8, 4) is 0 Å². The Bertz CT molecular complexity index is 533. The molecule has 0 rings (SSSR count). The second-order valence-corrected chi connectivity index (χ2v) is 12.3. The maximum absolute atomic E-state index is 12.1. The molecule has 0 aliphatic rings. The normalized spacial score (nSPS) is 12.4. The summed E-state index contributed by atoms with van der Waals surface area (Å²) >= 11 is 0. The molecule has 0 radical (unpaired) electrons. The predicted octanol–water partition coefficient (Wildman–Crippen LogP) is 11.4. The maximum Gasteiger partial charge on any atom is 0.306 e. The Balaban J connectivity index is 3.38. The van der Waals surface area contributed by atoms with E-state index in [2.05, 4.69) is 26.0 Å². The number of carbonyl (C=O) groups is 1. The molecular formula is C37H72O4. The molecule has 0 spiro atoms. The molecule has 0 aromatic heterocycles. The Hall–Kier alpha value is -0.870. The molecule has 1 N–H and O–H groups in total. The van der Waals surface area contributed by atoms with E-state index in [9.17, 15) is 9.90 Å². The number of rotatable bonds is 34. The van der Waals surface area contributed by atoms with Gasteiger partial charge in [-0.3, -0.25) is 4.79 Å². The van der Waals surface area contributed by atoms with Crippen LogP contribution in [0.15, 0.2) is 12.2 Å². The number of aliphatic hydroxyl groups is 1. The minimum atomic E-state index is -0.526. The topological polar surface area (TPSA) is 55.8 Å². The number of hydrogen-bond acceptors (Lipinski definition) is 4. The summed E-state index contributed by atoms with van der Waals surface area (Å²) in [6.07, 6.45) is 39.7. The van der Waals surface area contributed by atoms with E-state index in [1.165, 1.54) is 154 Å². The highest BCUT2D eigenvalue weighted by molar-refractivity contribution is 5.69. The smallest absolute Gasteiger partial charge is 0.306 e. The summed E-state index contributed by atoms with van der Waals surface area (Å²) in [5, 5.41) is 9.50. The third kappa shape index (κ3) is 33.5. The molecule has 0 heterocycles. The van der Waals surface area contributed by atoms with Gasteiger partial charge in [-0.05, 0) is 38.5 Å². The molecule has 0 saturated heterocycles. The lowest BCUT2D eigenvalue weighted by atomic mass is 10.1. The van der Waals surface area contributed by atoms with E-state index in [1.54, 1.807) is 0 Å². The quantitative estimate of drug-likeness (QED) is 0.0467. The lowest BCUT2D eigenvalue weighted by molar-refractivity contribution is -0.154. The predicted molar refractivity (Wildman–Crippen MR) is 178 cm³/mol. The summed E-state index contributed by atoms with van der Waals surface area (Å²) in [5.41, 5.74) is 0. The molecule has 244 valence electrons. The number of ether oxygens (including phenoxy) is 2. The second-order valence-electron chi connectivity index (χ2n) is 12.3. The average Bonchev–Trinajstić information content (AvgIpc) is 2.98. The minimum Gasteiger partial charge on any atom is -0.457 e. The van der Waals surface area contributed by atoms with Crippen molar-refractivity contribution in [2.24, 2.45) is 0 Å². The first-order valence-electron chi connectivity index (χ1n) is 18.3. The zero-order valence-corrected chi connectivity index (χ0v) is 27.8. The van der Waals surface area contributed by atoms with Crippen LogP contribution in [0, 0.1) is 0 Å². The minimum absolute atomic E-state index is 0.168. The molecule has 0 bridgehead atoms. The van der Waals surface area contributed by atoms with E-state index < -0.39 is 6.10 Å². The van der Waals surface area contributed by atoms with E-state index in [0.717, 1.165) is 19.3 Å². The average molecular weight is 581 g/mol. The fourth-order valence-electron chi connectivity index (χ4n) is 5.32. The zero-order chi connectivity index (χ0) is 29.9. The standard InChI is InChI=1S/C37H72O4/c1-3-5-7-9-11-13-14-15-16-17-18-19-20-21-22-23-24-25-26-28-30-32-37(39)41-36(34-38)35-40-33-31-29-27-12-10-8-6-4-2/h17-18,36,38H,3-16,19-35H2,1-2H3/b18-17-. The van der Waals surface area contributed by atoms with Crippen LogP contribution in [0.2, 0.25) is 0 Å². The van der Waals surface area contributed by atoms with Crippen LogP contribution in [0.1, 0.15) is 194 Å². The van der Waals surface area contributed by atoms with Gasteiger partial charge in [0.1, 0.15) is 6.10 Å². The molecule has 41 heavy (non-hydrogen) atoms. The molecule has 1 unspecified atom stereocenters. The molecule has 1 atom stereocenters. The van der Waals surface area contributed by atoms with E-state index in [1.807, 2.05) is 0 Å². The Kier molecular flexibility index (Phi) is 34.6. The van der Waals surface area contributed by atoms with Gasteiger partial charge in [0.2, 0.25) is 0 Å². The van der Waals surface area contributed by atoms with Gasteiger partial charge >= 0.3 is 5.97 Å². The van der Waals surface area contributed by atoms with Gasteiger partial charge in [0.05, 0.1) is 13.2 Å². The van der Waals surface area contributed by atoms with Crippen LogP contribution in [-0.4, -0.2) is 37.0 Å². The second kappa shape index (κ2) is 35.3. The van der Waals surface area contributed by atoms with Gasteiger partial charge in [-0.2, -0.15) is 0 Å². The van der Waals surface area contributed by atoms with Crippen LogP contribution in [-0.2, 0) is 14.3 Å². The fourth-order valence-corrected chi connectivity index (χ4v) is 5.32. The largest absolute Gasteiger partial charge is 0.457 e. The van der Waals surface area contributed by atoms with Crippen LogP contribution in [0.4, 0.5) is 0 Å². The lowest BCUT2D eigenvalue weighted by Gasteiger charge is -2.16.